The van der Waals surface area contributed by atoms with Crippen molar-refractivity contribution in [3.63, 3.8) is 0 Å². The maximum atomic E-state index is 13.4. The summed E-state index contributed by atoms with van der Waals surface area (Å²) in [4.78, 5) is 18.9. The average molecular weight is 328 g/mol. The number of para-hydroxylation sites is 1. The summed E-state index contributed by atoms with van der Waals surface area (Å²) in [6, 6.07) is 8.95. The van der Waals surface area contributed by atoms with Crippen molar-refractivity contribution in [1.82, 2.24) is 5.32 Å². The number of ether oxygens (including phenoxy) is 1. The Bertz CT molecular complexity index is 693. The van der Waals surface area contributed by atoms with E-state index < -0.39 is 5.41 Å². The fraction of sp³-hybridized carbons (Fsp3) is 0.632. The standard InChI is InChI=1S/C19H24N2O3/c1-3-14-11-8-17-19(9-15(20-14)12(11)10-24-17)13-6-4-5-7-16(13)21(23-2)18(19)22/h4-7,11-12,14-15,17,20H,3,8-10H2,1-2H3/t11-,12+,14-,15+,17+,19+/m1/s1. The van der Waals surface area contributed by atoms with Crippen LogP contribution < -0.4 is 10.4 Å². The van der Waals surface area contributed by atoms with Crippen LogP contribution in [-0.4, -0.2) is 37.8 Å². The summed E-state index contributed by atoms with van der Waals surface area (Å²) in [7, 11) is 1.57. The Hall–Kier alpha value is -1.43. The number of hydrogen-bond donors (Lipinski definition) is 1. The van der Waals surface area contributed by atoms with Crippen LogP contribution in [0.2, 0.25) is 0 Å². The molecule has 4 fully saturated rings. The van der Waals surface area contributed by atoms with Crippen molar-refractivity contribution in [2.45, 2.75) is 49.8 Å². The fourth-order valence-electron chi connectivity index (χ4n) is 5.82. The first-order valence-electron chi connectivity index (χ1n) is 9.06. The zero-order chi connectivity index (χ0) is 16.5. The molecule has 1 spiro atoms. The van der Waals surface area contributed by atoms with Crippen molar-refractivity contribution < 1.29 is 14.4 Å². The Morgan fingerprint density at radius 2 is 2.21 bits per heavy atom. The first-order valence-corrected chi connectivity index (χ1v) is 9.06. The number of carbonyl (C=O) groups excluding carboxylic acids is 1. The van der Waals surface area contributed by atoms with Gasteiger partial charge in [-0.1, -0.05) is 25.1 Å². The highest BCUT2D eigenvalue weighted by atomic mass is 16.7. The third-order valence-corrected chi connectivity index (χ3v) is 6.87. The fourth-order valence-corrected chi connectivity index (χ4v) is 5.82. The van der Waals surface area contributed by atoms with Crippen molar-refractivity contribution in [3.05, 3.63) is 29.8 Å². The molecule has 0 aromatic heterocycles. The van der Waals surface area contributed by atoms with Gasteiger partial charge in [-0.15, -0.1) is 0 Å². The Labute approximate surface area is 142 Å². The number of amides is 1. The second-order valence-electron chi connectivity index (χ2n) is 7.65. The first-order chi connectivity index (χ1) is 11.7. The summed E-state index contributed by atoms with van der Waals surface area (Å²) in [6.45, 7) is 3.02. The van der Waals surface area contributed by atoms with Gasteiger partial charge in [0.1, 0.15) is 5.41 Å². The monoisotopic (exact) mass is 328 g/mol. The minimum absolute atomic E-state index is 0.0410. The van der Waals surface area contributed by atoms with Crippen LogP contribution in [0.15, 0.2) is 24.3 Å². The number of hydroxylamine groups is 1. The lowest BCUT2D eigenvalue weighted by Gasteiger charge is -2.40. The first kappa shape index (κ1) is 14.9. The minimum Gasteiger partial charge on any atom is -0.376 e. The summed E-state index contributed by atoms with van der Waals surface area (Å²) in [5.74, 6) is 1.19. The Kier molecular flexibility index (Phi) is 3.12. The molecule has 1 aliphatic carbocycles. The zero-order valence-corrected chi connectivity index (χ0v) is 14.2. The molecule has 1 N–H and O–H groups in total. The van der Waals surface area contributed by atoms with E-state index in [1.165, 1.54) is 5.06 Å². The molecular formula is C19H24N2O3. The van der Waals surface area contributed by atoms with E-state index in [0.717, 1.165) is 37.1 Å². The summed E-state index contributed by atoms with van der Waals surface area (Å²) in [6.07, 6.45) is 2.87. The molecule has 4 heterocycles. The largest absolute Gasteiger partial charge is 0.376 e. The Morgan fingerprint density at radius 1 is 1.38 bits per heavy atom. The predicted molar refractivity (Wildman–Crippen MR) is 89.6 cm³/mol. The SMILES string of the molecule is CC[C@H]1N[C@H]2C[C@@]3(C(=O)N(OC)c4ccccc43)[C@@H]3C[C@@H]1[C@@H]2CO3. The topological polar surface area (TPSA) is 50.8 Å². The number of rotatable bonds is 2. The van der Waals surface area contributed by atoms with Crippen LogP contribution >= 0.6 is 0 Å². The lowest BCUT2D eigenvalue weighted by atomic mass is 9.71. The molecule has 6 atom stereocenters. The molecule has 4 bridgehead atoms. The van der Waals surface area contributed by atoms with E-state index in [1.54, 1.807) is 7.11 Å². The van der Waals surface area contributed by atoms with Gasteiger partial charge in [-0.2, -0.15) is 5.06 Å². The van der Waals surface area contributed by atoms with Gasteiger partial charge >= 0.3 is 0 Å². The Balaban J connectivity index is 1.66. The summed E-state index contributed by atoms with van der Waals surface area (Å²) in [5, 5.41) is 5.29. The molecular weight excluding hydrogens is 304 g/mol. The van der Waals surface area contributed by atoms with Crippen molar-refractivity contribution in [2.24, 2.45) is 11.8 Å². The van der Waals surface area contributed by atoms with Crippen molar-refractivity contribution >= 4 is 11.6 Å². The lowest BCUT2D eigenvalue weighted by molar-refractivity contribution is -0.138. The van der Waals surface area contributed by atoms with Gasteiger partial charge in [0.2, 0.25) is 0 Å². The number of benzene rings is 1. The van der Waals surface area contributed by atoms with E-state index in [-0.39, 0.29) is 12.0 Å². The second-order valence-corrected chi connectivity index (χ2v) is 7.65. The molecule has 128 valence electrons. The van der Waals surface area contributed by atoms with Crippen LogP contribution in [0.3, 0.4) is 0 Å². The minimum atomic E-state index is -0.605. The number of nitrogens with one attached hydrogen (secondary N) is 1. The van der Waals surface area contributed by atoms with Crippen molar-refractivity contribution in [1.29, 1.82) is 0 Å². The van der Waals surface area contributed by atoms with Gasteiger partial charge in [-0.25, -0.2) is 0 Å². The highest BCUT2D eigenvalue weighted by molar-refractivity contribution is 6.07. The van der Waals surface area contributed by atoms with Crippen LogP contribution in [0.5, 0.6) is 0 Å². The number of nitrogens with zero attached hydrogens (tertiary/aromatic N) is 1. The van der Waals surface area contributed by atoms with Gasteiger partial charge in [-0.3, -0.25) is 9.63 Å². The van der Waals surface area contributed by atoms with Gasteiger partial charge in [0.25, 0.3) is 5.91 Å². The quantitative estimate of drug-likeness (QED) is 0.902. The third kappa shape index (κ3) is 1.63. The molecule has 6 rings (SSSR count). The summed E-state index contributed by atoms with van der Waals surface area (Å²) >= 11 is 0. The third-order valence-electron chi connectivity index (χ3n) is 6.87. The van der Waals surface area contributed by atoms with E-state index in [0.29, 0.717) is 23.9 Å². The van der Waals surface area contributed by atoms with E-state index in [1.807, 2.05) is 18.2 Å². The molecule has 5 nitrogen and oxygen atoms in total. The van der Waals surface area contributed by atoms with Crippen LogP contribution in [0.1, 0.15) is 31.7 Å². The van der Waals surface area contributed by atoms with Crippen LogP contribution in [0.4, 0.5) is 5.69 Å². The number of carbonyl (C=O) groups is 1. The lowest BCUT2D eigenvalue weighted by Crippen LogP contribution is -2.53. The molecule has 5 heteroatoms. The van der Waals surface area contributed by atoms with Gasteiger partial charge in [-0.05, 0) is 36.8 Å². The van der Waals surface area contributed by atoms with E-state index in [4.69, 9.17) is 9.57 Å². The van der Waals surface area contributed by atoms with Gasteiger partial charge in [0.05, 0.1) is 25.5 Å². The van der Waals surface area contributed by atoms with Crippen LogP contribution in [0, 0.1) is 11.8 Å². The molecule has 1 aromatic carbocycles. The van der Waals surface area contributed by atoms with E-state index >= 15 is 0 Å². The predicted octanol–water partition coefficient (Wildman–Crippen LogP) is 2.01. The molecule has 1 saturated carbocycles. The van der Waals surface area contributed by atoms with Crippen LogP contribution in [-0.2, 0) is 19.8 Å². The normalized spacial score (nSPS) is 42.7. The van der Waals surface area contributed by atoms with E-state index in [9.17, 15) is 4.79 Å². The molecule has 5 aliphatic rings. The van der Waals surface area contributed by atoms with E-state index in [2.05, 4.69) is 18.3 Å². The van der Waals surface area contributed by atoms with Crippen molar-refractivity contribution in [2.75, 3.05) is 18.8 Å². The second kappa shape index (κ2) is 5.04. The molecule has 1 aromatic rings. The zero-order valence-electron chi connectivity index (χ0n) is 14.2. The molecule has 0 radical (unpaired) electrons. The van der Waals surface area contributed by atoms with Gasteiger partial charge in [0.15, 0.2) is 0 Å². The molecule has 3 saturated heterocycles. The maximum absolute atomic E-state index is 13.4. The summed E-state index contributed by atoms with van der Waals surface area (Å²) in [5.41, 5.74) is 1.35. The van der Waals surface area contributed by atoms with Crippen LogP contribution in [0.25, 0.3) is 0 Å². The number of fused-ring (bicyclic) bond motifs is 2. The maximum Gasteiger partial charge on any atom is 0.264 e. The van der Waals surface area contributed by atoms with Crippen molar-refractivity contribution in [3.8, 4) is 0 Å². The highest BCUT2D eigenvalue weighted by Gasteiger charge is 2.64. The molecule has 1 amide bonds. The number of hydrogen-bond acceptors (Lipinski definition) is 4. The number of anilines is 1. The molecule has 24 heavy (non-hydrogen) atoms. The Morgan fingerprint density at radius 3 is 3.00 bits per heavy atom. The molecule has 4 aliphatic heterocycles. The smallest absolute Gasteiger partial charge is 0.264 e. The average Bonchev–Trinajstić information content (AvgIpc) is 2.96. The molecule has 0 unspecified atom stereocenters. The van der Waals surface area contributed by atoms with Gasteiger partial charge in [0, 0.05) is 18.0 Å². The highest BCUT2D eigenvalue weighted by Crippen LogP contribution is 2.56. The van der Waals surface area contributed by atoms with Gasteiger partial charge < -0.3 is 10.1 Å². The summed E-state index contributed by atoms with van der Waals surface area (Å²) < 4.78 is 6.29.